The molecular formula is C25H29ClFN3O2. The van der Waals surface area contributed by atoms with E-state index in [9.17, 15) is 14.3 Å². The van der Waals surface area contributed by atoms with Gasteiger partial charge >= 0.3 is 0 Å². The fourth-order valence-corrected chi connectivity index (χ4v) is 6.07. The van der Waals surface area contributed by atoms with Crippen LogP contribution in [0.4, 0.5) is 10.1 Å². The van der Waals surface area contributed by atoms with Crippen molar-refractivity contribution >= 4 is 23.2 Å². The molecule has 5 nitrogen and oxygen atoms in total. The first-order valence-corrected chi connectivity index (χ1v) is 11.8. The van der Waals surface area contributed by atoms with Gasteiger partial charge in [0.15, 0.2) is 0 Å². The lowest BCUT2D eigenvalue weighted by Gasteiger charge is -2.51. The molecule has 2 saturated heterocycles. The summed E-state index contributed by atoms with van der Waals surface area (Å²) in [6.07, 6.45) is 4.97. The molecule has 1 saturated carbocycles. The molecule has 5 rings (SSSR count). The van der Waals surface area contributed by atoms with Gasteiger partial charge in [-0.3, -0.25) is 9.69 Å². The van der Waals surface area contributed by atoms with E-state index in [0.29, 0.717) is 31.0 Å². The Hall–Kier alpha value is -2.15. The molecule has 0 unspecified atom stereocenters. The first-order valence-electron chi connectivity index (χ1n) is 11.5. The zero-order chi connectivity index (χ0) is 22.3. The zero-order valence-electron chi connectivity index (χ0n) is 18.1. The van der Waals surface area contributed by atoms with E-state index in [4.69, 9.17) is 11.6 Å². The summed E-state index contributed by atoms with van der Waals surface area (Å²) in [4.78, 5) is 17.5. The quantitative estimate of drug-likeness (QED) is 0.730. The molecule has 2 N–H and O–H groups in total. The van der Waals surface area contributed by atoms with Crippen LogP contribution in [0.2, 0.25) is 5.02 Å². The lowest BCUT2D eigenvalue weighted by Crippen LogP contribution is -2.61. The van der Waals surface area contributed by atoms with E-state index in [1.165, 1.54) is 12.1 Å². The van der Waals surface area contributed by atoms with E-state index >= 15 is 0 Å². The Morgan fingerprint density at radius 1 is 1.00 bits per heavy atom. The zero-order valence-corrected chi connectivity index (χ0v) is 18.8. The molecule has 2 aliphatic heterocycles. The van der Waals surface area contributed by atoms with Crippen molar-refractivity contribution in [3.63, 3.8) is 0 Å². The number of amides is 1. The largest absolute Gasteiger partial charge is 0.384 e. The number of carbonyl (C=O) groups excluding carboxylic acids is 1. The average Bonchev–Trinajstić information content (AvgIpc) is 3.11. The summed E-state index contributed by atoms with van der Waals surface area (Å²) >= 11 is 6.06. The average molecular weight is 458 g/mol. The van der Waals surface area contributed by atoms with Gasteiger partial charge in [-0.2, -0.15) is 0 Å². The molecule has 2 aromatic carbocycles. The van der Waals surface area contributed by atoms with Gasteiger partial charge in [0.05, 0.1) is 6.67 Å². The summed E-state index contributed by atoms with van der Waals surface area (Å²) in [5.41, 5.74) is 0.198. The minimum atomic E-state index is -0.996. The Balaban J connectivity index is 1.37. The first-order chi connectivity index (χ1) is 15.4. The maximum Gasteiger partial charge on any atom is 0.247 e. The second kappa shape index (κ2) is 8.32. The molecule has 1 aliphatic carbocycles. The van der Waals surface area contributed by atoms with Crippen LogP contribution in [0.3, 0.4) is 0 Å². The van der Waals surface area contributed by atoms with Gasteiger partial charge < -0.3 is 15.3 Å². The Kier molecular flexibility index (Phi) is 5.64. The van der Waals surface area contributed by atoms with E-state index in [-0.39, 0.29) is 17.8 Å². The van der Waals surface area contributed by atoms with Gasteiger partial charge in [-0.15, -0.1) is 0 Å². The van der Waals surface area contributed by atoms with Crippen molar-refractivity contribution in [2.75, 3.05) is 24.7 Å². The van der Waals surface area contributed by atoms with E-state index < -0.39 is 11.1 Å². The van der Waals surface area contributed by atoms with Crippen LogP contribution in [0.1, 0.15) is 44.1 Å². The topological polar surface area (TPSA) is 55.8 Å². The van der Waals surface area contributed by atoms with Crippen molar-refractivity contribution in [2.24, 2.45) is 0 Å². The molecule has 1 spiro atoms. The number of likely N-dealkylation sites (tertiary alicyclic amines) is 1. The predicted octanol–water partition coefficient (Wildman–Crippen LogP) is 4.04. The number of hydrogen-bond donors (Lipinski definition) is 2. The van der Waals surface area contributed by atoms with Gasteiger partial charge in [-0.05, 0) is 67.6 Å². The van der Waals surface area contributed by atoms with Gasteiger partial charge in [-0.1, -0.05) is 36.6 Å². The van der Waals surface area contributed by atoms with E-state index in [2.05, 4.69) is 15.1 Å². The highest BCUT2D eigenvalue weighted by atomic mass is 35.5. The van der Waals surface area contributed by atoms with E-state index in [1.54, 1.807) is 12.1 Å². The van der Waals surface area contributed by atoms with Gasteiger partial charge in [0.1, 0.15) is 17.0 Å². The molecule has 3 fully saturated rings. The molecule has 32 heavy (non-hydrogen) atoms. The fourth-order valence-electron chi connectivity index (χ4n) is 5.95. The number of nitrogens with zero attached hydrogens (tertiary/aromatic N) is 2. The lowest BCUT2D eigenvalue weighted by atomic mass is 9.73. The second-order valence-electron chi connectivity index (χ2n) is 9.33. The Morgan fingerprint density at radius 3 is 2.38 bits per heavy atom. The Labute approximate surface area is 193 Å². The maximum atomic E-state index is 13.5. The van der Waals surface area contributed by atoms with Crippen LogP contribution in [0.5, 0.6) is 0 Å². The predicted molar refractivity (Wildman–Crippen MR) is 123 cm³/mol. The van der Waals surface area contributed by atoms with Crippen LogP contribution in [-0.4, -0.2) is 47.3 Å². The highest BCUT2D eigenvalue weighted by Gasteiger charge is 2.53. The Morgan fingerprint density at radius 2 is 1.69 bits per heavy atom. The van der Waals surface area contributed by atoms with Crippen molar-refractivity contribution in [3.05, 3.63) is 64.9 Å². The van der Waals surface area contributed by atoms with Crippen molar-refractivity contribution in [3.8, 4) is 0 Å². The molecule has 170 valence electrons. The summed E-state index contributed by atoms with van der Waals surface area (Å²) in [6.45, 7) is 1.95. The number of carbonyl (C=O) groups is 1. The molecular weight excluding hydrogens is 429 g/mol. The SMILES string of the molecule is O=C1NCN(c2ccc(Cl)cc2)C12CCN([C@@H]1CCCC[C@@]1(O)c1ccc(F)cc1)CC2. The lowest BCUT2D eigenvalue weighted by molar-refractivity contribution is -0.127. The summed E-state index contributed by atoms with van der Waals surface area (Å²) < 4.78 is 13.5. The van der Waals surface area contributed by atoms with Crippen LogP contribution in [0.25, 0.3) is 0 Å². The summed E-state index contributed by atoms with van der Waals surface area (Å²) in [5, 5.41) is 15.5. The van der Waals surface area contributed by atoms with Crippen LogP contribution in [0, 0.1) is 5.82 Å². The molecule has 0 radical (unpaired) electrons. The third-order valence-corrected chi connectivity index (χ3v) is 7.97. The number of halogens is 2. The highest BCUT2D eigenvalue weighted by Crippen LogP contribution is 2.43. The minimum Gasteiger partial charge on any atom is -0.384 e. The standard InChI is InChI=1S/C25H29ClFN3O2/c26-19-6-10-21(11-7-19)30-17-28-23(31)24(30)13-15-29(16-14-24)22-3-1-2-12-25(22,32)18-4-8-20(27)9-5-18/h4-11,22,32H,1-3,12-17H2,(H,28,31)/t22-,25-/m1/s1. The highest BCUT2D eigenvalue weighted by molar-refractivity contribution is 6.30. The fraction of sp³-hybridized carbons (Fsp3) is 0.480. The Bertz CT molecular complexity index is 976. The number of nitrogens with one attached hydrogen (secondary N) is 1. The monoisotopic (exact) mass is 457 g/mol. The maximum absolute atomic E-state index is 13.5. The molecule has 3 aliphatic rings. The number of anilines is 1. The third-order valence-electron chi connectivity index (χ3n) is 7.72. The van der Waals surface area contributed by atoms with Crippen molar-refractivity contribution in [1.82, 2.24) is 10.2 Å². The normalized spacial score (nSPS) is 28.2. The van der Waals surface area contributed by atoms with Crippen LogP contribution in [-0.2, 0) is 10.4 Å². The van der Waals surface area contributed by atoms with Crippen LogP contribution >= 0.6 is 11.6 Å². The number of benzene rings is 2. The molecule has 0 aromatic heterocycles. The number of rotatable bonds is 3. The number of aliphatic hydroxyl groups is 1. The van der Waals surface area contributed by atoms with Gasteiger partial charge in [0, 0.05) is 29.8 Å². The smallest absolute Gasteiger partial charge is 0.247 e. The van der Waals surface area contributed by atoms with Gasteiger partial charge in [0.2, 0.25) is 5.91 Å². The van der Waals surface area contributed by atoms with Crippen LogP contribution < -0.4 is 10.2 Å². The van der Waals surface area contributed by atoms with Crippen LogP contribution in [0.15, 0.2) is 48.5 Å². The van der Waals surface area contributed by atoms with Crippen molar-refractivity contribution in [2.45, 2.75) is 55.7 Å². The molecule has 2 atom stereocenters. The molecule has 2 heterocycles. The molecule has 1 amide bonds. The molecule has 0 bridgehead atoms. The van der Waals surface area contributed by atoms with Crippen molar-refractivity contribution in [1.29, 1.82) is 0 Å². The minimum absolute atomic E-state index is 0.0347. The molecule has 7 heteroatoms. The summed E-state index contributed by atoms with van der Waals surface area (Å²) in [7, 11) is 0. The molecule has 2 aromatic rings. The first kappa shape index (κ1) is 21.7. The van der Waals surface area contributed by atoms with Gasteiger partial charge in [-0.25, -0.2) is 4.39 Å². The van der Waals surface area contributed by atoms with E-state index in [1.807, 2.05) is 24.3 Å². The number of hydrogen-bond acceptors (Lipinski definition) is 4. The summed E-state index contributed by atoms with van der Waals surface area (Å²) in [6, 6.07) is 13.9. The van der Waals surface area contributed by atoms with Gasteiger partial charge in [0.25, 0.3) is 0 Å². The number of piperidine rings is 1. The van der Waals surface area contributed by atoms with Crippen molar-refractivity contribution < 1.29 is 14.3 Å². The second-order valence-corrected chi connectivity index (χ2v) is 9.77. The van der Waals surface area contributed by atoms with E-state index in [0.717, 1.165) is 43.6 Å². The third kappa shape index (κ3) is 3.58. The summed E-state index contributed by atoms with van der Waals surface area (Å²) in [5.74, 6) is -0.219.